The second kappa shape index (κ2) is 11.4. The first-order valence-corrected chi connectivity index (χ1v) is 15.4. The number of carbonyl (C=O) groups is 1. The van der Waals surface area contributed by atoms with Crippen molar-refractivity contribution in [3.05, 3.63) is 69.0 Å². The minimum absolute atomic E-state index is 0.0531. The zero-order chi connectivity index (χ0) is 27.7. The zero-order valence-corrected chi connectivity index (χ0v) is 23.7. The van der Waals surface area contributed by atoms with Crippen LogP contribution >= 0.6 is 34.7 Å². The highest BCUT2D eigenvalue weighted by Crippen LogP contribution is 2.32. The van der Waals surface area contributed by atoms with Crippen LogP contribution < -0.4 is 10.9 Å². The number of sulfonamides is 1. The van der Waals surface area contributed by atoms with Crippen molar-refractivity contribution in [2.24, 2.45) is 7.05 Å². The molecular weight excluding hydrogens is 587 g/mol. The number of thioether (sulfide) groups is 1. The number of nitrogens with zero attached hydrogens (tertiary/aromatic N) is 3. The molecule has 3 heterocycles. The number of ether oxygens (including phenoxy) is 1. The van der Waals surface area contributed by atoms with Gasteiger partial charge in [-0.05, 0) is 35.9 Å². The molecule has 1 aliphatic heterocycles. The molecule has 5 rings (SSSR count). The molecule has 0 saturated carbocycles. The smallest absolute Gasteiger partial charge is 0.263 e. The van der Waals surface area contributed by atoms with Gasteiger partial charge in [-0.3, -0.25) is 14.2 Å². The fourth-order valence-electron chi connectivity index (χ4n) is 4.06. The molecule has 2 aromatic heterocycles. The second-order valence-electron chi connectivity index (χ2n) is 8.59. The van der Waals surface area contributed by atoms with Crippen LogP contribution in [0.25, 0.3) is 21.3 Å². The number of hydrogen-bond donors (Lipinski definition) is 1. The summed E-state index contributed by atoms with van der Waals surface area (Å²) in [6, 6.07) is 10.2. The van der Waals surface area contributed by atoms with Gasteiger partial charge in [0.15, 0.2) is 5.16 Å². The van der Waals surface area contributed by atoms with Gasteiger partial charge in [-0.25, -0.2) is 17.8 Å². The van der Waals surface area contributed by atoms with E-state index in [0.717, 1.165) is 11.8 Å². The number of anilines is 1. The average Bonchev–Trinajstić information content (AvgIpc) is 3.36. The predicted octanol–water partition coefficient (Wildman–Crippen LogP) is 4.21. The van der Waals surface area contributed by atoms with Gasteiger partial charge in [-0.1, -0.05) is 35.5 Å². The third-order valence-corrected chi connectivity index (χ3v) is 10.3. The largest absolute Gasteiger partial charge is 0.379 e. The van der Waals surface area contributed by atoms with Crippen LogP contribution in [0.4, 0.5) is 10.1 Å². The van der Waals surface area contributed by atoms with Crippen molar-refractivity contribution in [2.45, 2.75) is 10.1 Å². The van der Waals surface area contributed by atoms with Gasteiger partial charge in [-0.2, -0.15) is 4.31 Å². The number of benzene rings is 2. The molecule has 1 amide bonds. The molecule has 1 saturated heterocycles. The summed E-state index contributed by atoms with van der Waals surface area (Å²) in [6.07, 6.45) is 0. The van der Waals surface area contributed by atoms with Crippen molar-refractivity contribution in [3.8, 4) is 11.1 Å². The average molecular weight is 609 g/mol. The Kier molecular flexibility index (Phi) is 8.08. The van der Waals surface area contributed by atoms with Crippen molar-refractivity contribution < 1.29 is 22.3 Å². The standard InChI is InChI=1S/C25H22ClFN4O5S3/c1-30-24(33)22-18(15-2-4-16(27)5-3-15)13-37-23(22)29-25(30)38-14-21(32)28-17-6-7-19(26)20(12-17)39(34,35)31-8-10-36-11-9-31/h2-7,12-13H,8-11,14H2,1H3,(H,28,32). The van der Waals surface area contributed by atoms with E-state index in [4.69, 9.17) is 16.3 Å². The lowest BCUT2D eigenvalue weighted by Gasteiger charge is -2.26. The summed E-state index contributed by atoms with van der Waals surface area (Å²) in [6.45, 7) is 1.03. The fourth-order valence-corrected chi connectivity index (χ4v) is 7.72. The highest BCUT2D eigenvalue weighted by atomic mass is 35.5. The molecule has 39 heavy (non-hydrogen) atoms. The molecule has 0 spiro atoms. The first-order valence-electron chi connectivity index (χ1n) is 11.7. The summed E-state index contributed by atoms with van der Waals surface area (Å²) < 4.78 is 47.3. The Bertz CT molecular complexity index is 1720. The molecule has 2 aromatic carbocycles. The molecular formula is C25H22ClFN4O5S3. The Morgan fingerprint density at radius 3 is 2.64 bits per heavy atom. The zero-order valence-electron chi connectivity index (χ0n) is 20.5. The highest BCUT2D eigenvalue weighted by molar-refractivity contribution is 7.99. The molecule has 0 unspecified atom stereocenters. The van der Waals surface area contributed by atoms with Crippen LogP contribution in [-0.4, -0.2) is 60.2 Å². The molecule has 4 aromatic rings. The van der Waals surface area contributed by atoms with E-state index in [0.29, 0.717) is 39.7 Å². The normalized spacial score (nSPS) is 14.5. The van der Waals surface area contributed by atoms with Gasteiger partial charge in [0.1, 0.15) is 15.5 Å². The van der Waals surface area contributed by atoms with Gasteiger partial charge in [0.25, 0.3) is 5.56 Å². The predicted molar refractivity (Wildman–Crippen MR) is 151 cm³/mol. The molecule has 1 aliphatic rings. The van der Waals surface area contributed by atoms with Gasteiger partial charge in [0.05, 0.1) is 29.4 Å². The third-order valence-electron chi connectivity index (χ3n) is 6.06. The maximum Gasteiger partial charge on any atom is 0.263 e. The van der Waals surface area contributed by atoms with Gasteiger partial charge in [0.2, 0.25) is 15.9 Å². The first-order chi connectivity index (χ1) is 18.6. The number of thiophene rings is 1. The van der Waals surface area contributed by atoms with Crippen molar-refractivity contribution in [1.29, 1.82) is 0 Å². The number of morpholine rings is 1. The lowest BCUT2D eigenvalue weighted by Crippen LogP contribution is -2.40. The molecule has 0 radical (unpaired) electrons. The molecule has 1 fully saturated rings. The molecule has 1 N–H and O–H groups in total. The lowest BCUT2D eigenvalue weighted by atomic mass is 10.1. The van der Waals surface area contributed by atoms with Crippen LogP contribution in [0.1, 0.15) is 0 Å². The van der Waals surface area contributed by atoms with Crippen LogP contribution in [0.3, 0.4) is 0 Å². The summed E-state index contributed by atoms with van der Waals surface area (Å²) in [5.41, 5.74) is 1.37. The molecule has 9 nitrogen and oxygen atoms in total. The number of hydrogen-bond acceptors (Lipinski definition) is 8. The maximum atomic E-state index is 13.3. The molecule has 0 atom stereocenters. The monoisotopic (exact) mass is 608 g/mol. The van der Waals surface area contributed by atoms with Crippen LogP contribution in [0.5, 0.6) is 0 Å². The molecule has 0 bridgehead atoms. The minimum Gasteiger partial charge on any atom is -0.379 e. The Morgan fingerprint density at radius 1 is 1.21 bits per heavy atom. The quantitative estimate of drug-likeness (QED) is 0.247. The van der Waals surface area contributed by atoms with Crippen molar-refractivity contribution in [3.63, 3.8) is 0 Å². The number of amides is 1. The number of carbonyl (C=O) groups excluding carboxylic acids is 1. The molecule has 204 valence electrons. The van der Waals surface area contributed by atoms with Crippen LogP contribution in [0.15, 0.2) is 62.7 Å². The van der Waals surface area contributed by atoms with Gasteiger partial charge in [0, 0.05) is 36.8 Å². The third kappa shape index (κ3) is 5.74. The number of halogens is 2. The number of aromatic nitrogens is 2. The summed E-state index contributed by atoms with van der Waals surface area (Å²) in [5.74, 6) is -0.852. The van der Waals surface area contributed by atoms with E-state index < -0.39 is 15.9 Å². The van der Waals surface area contributed by atoms with E-state index in [-0.39, 0.29) is 45.8 Å². The summed E-state index contributed by atoms with van der Waals surface area (Å²) in [5, 5.41) is 5.32. The van der Waals surface area contributed by atoms with E-state index in [1.54, 1.807) is 24.6 Å². The maximum absolute atomic E-state index is 13.3. The SMILES string of the molecule is Cn1c(SCC(=O)Nc2ccc(Cl)c(S(=O)(=O)N3CCOCC3)c2)nc2scc(-c3ccc(F)cc3)c2c1=O. The van der Waals surface area contributed by atoms with E-state index in [1.165, 1.54) is 50.5 Å². The lowest BCUT2D eigenvalue weighted by molar-refractivity contribution is -0.113. The van der Waals surface area contributed by atoms with E-state index in [9.17, 15) is 22.4 Å². The Hall–Kier alpha value is -2.81. The van der Waals surface area contributed by atoms with Gasteiger partial charge in [-0.15, -0.1) is 11.3 Å². The topological polar surface area (TPSA) is 111 Å². The van der Waals surface area contributed by atoms with Crippen LogP contribution in [0, 0.1) is 5.82 Å². The summed E-state index contributed by atoms with van der Waals surface area (Å²) >= 11 is 8.56. The number of nitrogens with one attached hydrogen (secondary N) is 1. The number of fused-ring (bicyclic) bond motifs is 1. The van der Waals surface area contributed by atoms with Crippen molar-refractivity contribution >= 4 is 66.5 Å². The molecule has 0 aliphatic carbocycles. The molecule has 14 heteroatoms. The van der Waals surface area contributed by atoms with Crippen molar-refractivity contribution in [2.75, 3.05) is 37.4 Å². The highest BCUT2D eigenvalue weighted by Gasteiger charge is 2.28. The summed E-state index contributed by atoms with van der Waals surface area (Å²) in [7, 11) is -2.29. The minimum atomic E-state index is -3.86. The second-order valence-corrected chi connectivity index (χ2v) is 12.7. The fraction of sp³-hybridized carbons (Fsp3) is 0.240. The number of rotatable bonds is 7. The summed E-state index contributed by atoms with van der Waals surface area (Å²) in [4.78, 5) is 30.9. The van der Waals surface area contributed by atoms with Crippen LogP contribution in [0.2, 0.25) is 5.02 Å². The van der Waals surface area contributed by atoms with E-state index >= 15 is 0 Å². The van der Waals surface area contributed by atoms with E-state index in [2.05, 4.69) is 10.3 Å². The Balaban J connectivity index is 1.31. The Morgan fingerprint density at radius 2 is 1.92 bits per heavy atom. The van der Waals surface area contributed by atoms with Crippen molar-refractivity contribution in [1.82, 2.24) is 13.9 Å². The van der Waals surface area contributed by atoms with Gasteiger partial charge < -0.3 is 10.1 Å². The van der Waals surface area contributed by atoms with E-state index in [1.807, 2.05) is 0 Å². The van der Waals surface area contributed by atoms with Crippen LogP contribution in [-0.2, 0) is 26.6 Å². The Labute approximate surface area is 236 Å². The first kappa shape index (κ1) is 27.7. The van der Waals surface area contributed by atoms with Gasteiger partial charge >= 0.3 is 0 Å².